The number of hydrogen-bond acceptors (Lipinski definition) is 3. The van der Waals surface area contributed by atoms with E-state index in [2.05, 4.69) is 20.9 Å². The van der Waals surface area contributed by atoms with Crippen LogP contribution < -0.4 is 4.90 Å². The standard InChI is InChI=1S/C17H15BrN2O2/c18-13-3-8-16(21)12(10-13)11-19-14-4-6-15(7-5-14)20-9-1-2-17(20)22/h3-8,10-11,21H,1-2,9H2. The van der Waals surface area contributed by atoms with Gasteiger partial charge in [0, 0.05) is 34.9 Å². The first-order valence-electron chi connectivity index (χ1n) is 7.06. The highest BCUT2D eigenvalue weighted by Gasteiger charge is 2.21. The maximum Gasteiger partial charge on any atom is 0.227 e. The highest BCUT2D eigenvalue weighted by molar-refractivity contribution is 9.10. The van der Waals surface area contributed by atoms with Crippen molar-refractivity contribution >= 4 is 39.4 Å². The van der Waals surface area contributed by atoms with E-state index in [1.165, 1.54) is 0 Å². The number of hydrogen-bond donors (Lipinski definition) is 1. The Morgan fingerprint density at radius 2 is 1.95 bits per heavy atom. The van der Waals surface area contributed by atoms with Gasteiger partial charge in [-0.2, -0.15) is 0 Å². The van der Waals surface area contributed by atoms with Gasteiger partial charge in [-0.25, -0.2) is 0 Å². The number of phenols is 1. The quantitative estimate of drug-likeness (QED) is 0.842. The lowest BCUT2D eigenvalue weighted by molar-refractivity contribution is -0.117. The van der Waals surface area contributed by atoms with Crippen LogP contribution in [-0.4, -0.2) is 23.8 Å². The summed E-state index contributed by atoms with van der Waals surface area (Å²) in [5.41, 5.74) is 2.33. The Hall–Kier alpha value is -2.14. The van der Waals surface area contributed by atoms with Gasteiger partial charge in [0.05, 0.1) is 5.69 Å². The van der Waals surface area contributed by atoms with Crippen LogP contribution in [0.5, 0.6) is 5.75 Å². The van der Waals surface area contributed by atoms with Gasteiger partial charge in [-0.3, -0.25) is 9.79 Å². The average molecular weight is 359 g/mol. The molecule has 1 amide bonds. The minimum Gasteiger partial charge on any atom is -0.507 e. The number of phenolic OH excluding ortho intramolecular Hbond substituents is 1. The Morgan fingerprint density at radius 3 is 2.64 bits per heavy atom. The Kier molecular flexibility index (Phi) is 4.24. The second-order valence-electron chi connectivity index (χ2n) is 5.13. The molecule has 2 aromatic carbocycles. The van der Waals surface area contributed by atoms with Crippen molar-refractivity contribution in [2.45, 2.75) is 12.8 Å². The minimum absolute atomic E-state index is 0.176. The summed E-state index contributed by atoms with van der Waals surface area (Å²) in [6.45, 7) is 0.785. The van der Waals surface area contributed by atoms with Crippen LogP contribution >= 0.6 is 15.9 Å². The number of amides is 1. The van der Waals surface area contributed by atoms with Crippen LogP contribution in [0.15, 0.2) is 51.9 Å². The molecule has 22 heavy (non-hydrogen) atoms. The van der Waals surface area contributed by atoms with Gasteiger partial charge < -0.3 is 10.0 Å². The van der Waals surface area contributed by atoms with Crippen LogP contribution in [0.3, 0.4) is 0 Å². The van der Waals surface area contributed by atoms with Crippen LogP contribution in [-0.2, 0) is 4.79 Å². The highest BCUT2D eigenvalue weighted by atomic mass is 79.9. The molecule has 112 valence electrons. The van der Waals surface area contributed by atoms with Gasteiger partial charge in [0.15, 0.2) is 0 Å². The molecule has 0 radical (unpaired) electrons. The lowest BCUT2D eigenvalue weighted by atomic mass is 10.2. The first-order valence-corrected chi connectivity index (χ1v) is 7.86. The van der Waals surface area contributed by atoms with E-state index in [0.29, 0.717) is 12.0 Å². The van der Waals surface area contributed by atoms with Crippen molar-refractivity contribution < 1.29 is 9.90 Å². The van der Waals surface area contributed by atoms with Gasteiger partial charge in [0.25, 0.3) is 0 Å². The molecule has 0 spiro atoms. The Morgan fingerprint density at radius 1 is 1.18 bits per heavy atom. The molecule has 0 atom stereocenters. The van der Waals surface area contributed by atoms with Crippen LogP contribution in [0.25, 0.3) is 0 Å². The summed E-state index contributed by atoms with van der Waals surface area (Å²) in [4.78, 5) is 17.9. The number of carbonyl (C=O) groups is 1. The largest absolute Gasteiger partial charge is 0.507 e. The highest BCUT2D eigenvalue weighted by Crippen LogP contribution is 2.25. The van der Waals surface area contributed by atoms with E-state index in [9.17, 15) is 9.90 Å². The van der Waals surface area contributed by atoms with Gasteiger partial charge in [0.1, 0.15) is 5.75 Å². The third-order valence-corrected chi connectivity index (χ3v) is 4.07. The van der Waals surface area contributed by atoms with Crippen molar-refractivity contribution in [3.05, 3.63) is 52.5 Å². The maximum absolute atomic E-state index is 11.7. The predicted octanol–water partition coefficient (Wildman–Crippen LogP) is 4.03. The van der Waals surface area contributed by atoms with E-state index in [-0.39, 0.29) is 11.7 Å². The van der Waals surface area contributed by atoms with Crippen molar-refractivity contribution in [2.24, 2.45) is 4.99 Å². The summed E-state index contributed by atoms with van der Waals surface area (Å²) in [6.07, 6.45) is 3.17. The Labute approximate surface area is 137 Å². The third kappa shape index (κ3) is 3.20. The predicted molar refractivity (Wildman–Crippen MR) is 91.1 cm³/mol. The summed E-state index contributed by atoms with van der Waals surface area (Å²) < 4.78 is 0.884. The van der Waals surface area contributed by atoms with Gasteiger partial charge in [-0.05, 0) is 48.9 Å². The second kappa shape index (κ2) is 6.32. The first-order chi connectivity index (χ1) is 10.6. The SMILES string of the molecule is O=C1CCCN1c1ccc(N=Cc2cc(Br)ccc2O)cc1. The van der Waals surface area contributed by atoms with Crippen molar-refractivity contribution in [1.29, 1.82) is 0 Å². The minimum atomic E-state index is 0.176. The molecule has 0 aromatic heterocycles. The molecule has 0 bridgehead atoms. The van der Waals surface area contributed by atoms with Crippen LogP contribution in [0.2, 0.25) is 0 Å². The van der Waals surface area contributed by atoms with Crippen molar-refractivity contribution in [3.63, 3.8) is 0 Å². The molecular weight excluding hydrogens is 344 g/mol. The van der Waals surface area contributed by atoms with Gasteiger partial charge in [0.2, 0.25) is 5.91 Å². The number of nitrogens with zero attached hydrogens (tertiary/aromatic N) is 2. The summed E-state index contributed by atoms with van der Waals surface area (Å²) in [7, 11) is 0. The molecule has 1 fully saturated rings. The number of carbonyl (C=O) groups excluding carboxylic acids is 1. The second-order valence-corrected chi connectivity index (χ2v) is 6.04. The first kappa shape index (κ1) is 14.8. The summed E-state index contributed by atoms with van der Waals surface area (Å²) in [5.74, 6) is 0.363. The number of benzene rings is 2. The zero-order chi connectivity index (χ0) is 15.5. The monoisotopic (exact) mass is 358 g/mol. The number of aromatic hydroxyl groups is 1. The summed E-state index contributed by atoms with van der Waals surface area (Å²) in [6, 6.07) is 12.7. The molecule has 5 heteroatoms. The van der Waals surface area contributed by atoms with Crippen molar-refractivity contribution in [3.8, 4) is 5.75 Å². The van der Waals surface area contributed by atoms with Gasteiger partial charge in [-0.1, -0.05) is 15.9 Å². The fourth-order valence-corrected chi connectivity index (χ4v) is 2.79. The molecule has 1 N–H and O–H groups in total. The number of rotatable bonds is 3. The average Bonchev–Trinajstić information content (AvgIpc) is 2.95. The van der Waals surface area contributed by atoms with Crippen molar-refractivity contribution in [2.75, 3.05) is 11.4 Å². The van der Waals surface area contributed by atoms with E-state index in [0.717, 1.165) is 28.8 Å². The van der Waals surface area contributed by atoms with Crippen molar-refractivity contribution in [1.82, 2.24) is 0 Å². The van der Waals surface area contributed by atoms with Crippen LogP contribution in [0.4, 0.5) is 11.4 Å². The van der Waals surface area contributed by atoms with E-state index in [1.54, 1.807) is 29.3 Å². The smallest absolute Gasteiger partial charge is 0.227 e. The lowest BCUT2D eigenvalue weighted by Gasteiger charge is -2.15. The number of anilines is 1. The molecule has 0 saturated carbocycles. The van der Waals surface area contributed by atoms with Crippen LogP contribution in [0, 0.1) is 0 Å². The van der Waals surface area contributed by atoms with E-state index >= 15 is 0 Å². The molecule has 1 aliphatic rings. The Bertz CT molecular complexity index is 726. The normalized spacial score (nSPS) is 15.0. The molecule has 0 aliphatic carbocycles. The molecule has 3 rings (SSSR count). The number of aliphatic imine (C=N–C) groups is 1. The molecule has 2 aromatic rings. The Balaban J connectivity index is 1.77. The zero-order valence-corrected chi connectivity index (χ0v) is 13.5. The van der Waals surface area contributed by atoms with E-state index in [4.69, 9.17) is 0 Å². The van der Waals surface area contributed by atoms with E-state index < -0.39 is 0 Å². The van der Waals surface area contributed by atoms with Gasteiger partial charge >= 0.3 is 0 Å². The topological polar surface area (TPSA) is 52.9 Å². The molecule has 0 unspecified atom stereocenters. The molecule has 4 nitrogen and oxygen atoms in total. The fourth-order valence-electron chi connectivity index (χ4n) is 2.41. The molecular formula is C17H15BrN2O2. The fraction of sp³-hybridized carbons (Fsp3) is 0.176. The third-order valence-electron chi connectivity index (χ3n) is 3.58. The van der Waals surface area contributed by atoms with E-state index in [1.807, 2.05) is 24.3 Å². The van der Waals surface area contributed by atoms with Crippen LogP contribution in [0.1, 0.15) is 18.4 Å². The lowest BCUT2D eigenvalue weighted by Crippen LogP contribution is -2.23. The number of halogens is 1. The molecule has 1 heterocycles. The molecule has 1 aliphatic heterocycles. The molecule has 1 saturated heterocycles. The summed E-state index contributed by atoms with van der Waals surface area (Å²) >= 11 is 3.37. The van der Waals surface area contributed by atoms with Gasteiger partial charge in [-0.15, -0.1) is 0 Å². The summed E-state index contributed by atoms with van der Waals surface area (Å²) in [5, 5.41) is 9.77. The zero-order valence-electron chi connectivity index (χ0n) is 11.9. The maximum atomic E-state index is 11.7.